The summed E-state index contributed by atoms with van der Waals surface area (Å²) < 4.78 is 0. The summed E-state index contributed by atoms with van der Waals surface area (Å²) in [5.74, 6) is 6.08. The van der Waals surface area contributed by atoms with Crippen LogP contribution in [0.5, 0.6) is 0 Å². The zero-order valence-electron chi connectivity index (χ0n) is 8.16. The molecule has 0 saturated heterocycles. The molecule has 0 rings (SSSR count). The van der Waals surface area contributed by atoms with E-state index in [2.05, 4.69) is 18.8 Å². The van der Waals surface area contributed by atoms with Crippen molar-refractivity contribution in [1.29, 1.82) is 0 Å². The fraction of sp³-hybridized carbons (Fsp3) is 0.818. The minimum absolute atomic E-state index is 0.447. The first kappa shape index (κ1) is 11.5. The van der Waals surface area contributed by atoms with Gasteiger partial charge in [0.1, 0.15) is 0 Å². The van der Waals surface area contributed by atoms with E-state index in [1.165, 1.54) is 32.1 Å². The van der Waals surface area contributed by atoms with E-state index in [-0.39, 0.29) is 0 Å². The van der Waals surface area contributed by atoms with Gasteiger partial charge in [-0.3, -0.25) is 5.73 Å². The molecule has 1 N–H and O–H groups in total. The summed E-state index contributed by atoms with van der Waals surface area (Å²) in [6.07, 6.45) is 8.37. The summed E-state index contributed by atoms with van der Waals surface area (Å²) in [5.41, 5.74) is 6.87. The lowest BCUT2D eigenvalue weighted by atomic mass is 10.1. The van der Waals surface area contributed by atoms with Crippen LogP contribution in [0.25, 0.3) is 0 Å². The van der Waals surface area contributed by atoms with Crippen LogP contribution >= 0.6 is 0 Å². The Hall–Kier alpha value is -0.480. The maximum atomic E-state index is 6.87. The van der Waals surface area contributed by atoms with Crippen molar-refractivity contribution >= 4 is 0 Å². The average molecular weight is 166 g/mol. The minimum atomic E-state index is 0.447. The molecule has 0 bridgehead atoms. The second-order valence-electron chi connectivity index (χ2n) is 3.02. The molecule has 0 spiro atoms. The van der Waals surface area contributed by atoms with Crippen molar-refractivity contribution in [2.24, 2.45) is 0 Å². The summed E-state index contributed by atoms with van der Waals surface area (Å²) >= 11 is 0. The summed E-state index contributed by atoms with van der Waals surface area (Å²) in [4.78, 5) is 0. The summed E-state index contributed by atoms with van der Waals surface area (Å²) in [6, 6.07) is 0. The quantitative estimate of drug-likeness (QED) is 0.428. The van der Waals surface area contributed by atoms with Gasteiger partial charge >= 0.3 is 0 Å². The third-order valence-electron chi connectivity index (χ3n) is 1.78. The van der Waals surface area contributed by atoms with Crippen LogP contribution in [0.1, 0.15) is 51.9 Å². The highest BCUT2D eigenvalue weighted by molar-refractivity contribution is 4.98. The van der Waals surface area contributed by atoms with Gasteiger partial charge < -0.3 is 0 Å². The molecule has 0 aromatic carbocycles. The molecule has 0 aliphatic rings. The van der Waals surface area contributed by atoms with Crippen LogP contribution in [0, 0.1) is 11.8 Å². The molecule has 0 heterocycles. The predicted octanol–water partition coefficient (Wildman–Crippen LogP) is 3.02. The Morgan fingerprint density at radius 3 is 2.25 bits per heavy atom. The van der Waals surface area contributed by atoms with Gasteiger partial charge in [0.15, 0.2) is 0 Å². The first-order valence-corrected chi connectivity index (χ1v) is 5.02. The van der Waals surface area contributed by atoms with Crippen molar-refractivity contribution in [3.05, 3.63) is 0 Å². The third-order valence-corrected chi connectivity index (χ3v) is 1.78. The monoisotopic (exact) mass is 166 g/mol. The molecule has 0 amide bonds. The minimum Gasteiger partial charge on any atom is -0.257 e. The lowest BCUT2D eigenvalue weighted by Crippen LogP contribution is -1.80. The van der Waals surface area contributed by atoms with Crippen molar-refractivity contribution in [3.63, 3.8) is 0 Å². The topological polar surface area (TPSA) is 23.8 Å². The molecule has 0 fully saturated rings. The van der Waals surface area contributed by atoms with Crippen LogP contribution in [0.3, 0.4) is 0 Å². The molecule has 1 radical (unpaired) electrons. The number of unbranched alkanes of at least 4 members (excludes halogenated alkanes) is 5. The van der Waals surface area contributed by atoms with Crippen molar-refractivity contribution in [2.75, 3.05) is 6.54 Å². The molecule has 0 atom stereocenters. The second kappa shape index (κ2) is 10.5. The lowest BCUT2D eigenvalue weighted by molar-refractivity contribution is 0.641. The van der Waals surface area contributed by atoms with Gasteiger partial charge in [-0.15, -0.1) is 11.8 Å². The normalized spacial score (nSPS) is 9.17. The largest absolute Gasteiger partial charge is 0.257 e. The van der Waals surface area contributed by atoms with E-state index in [9.17, 15) is 0 Å². The molecular formula is C11H20N. The van der Waals surface area contributed by atoms with E-state index >= 15 is 0 Å². The van der Waals surface area contributed by atoms with E-state index in [1.807, 2.05) is 0 Å². The molecule has 0 aliphatic carbocycles. The van der Waals surface area contributed by atoms with Crippen LogP contribution in [0.2, 0.25) is 0 Å². The van der Waals surface area contributed by atoms with Gasteiger partial charge in [-0.05, 0) is 6.42 Å². The Morgan fingerprint density at radius 1 is 0.917 bits per heavy atom. The SMILES string of the molecule is CCCCCCCC#CCC[NH]. The molecule has 1 nitrogen and oxygen atoms in total. The van der Waals surface area contributed by atoms with E-state index in [0.29, 0.717) is 6.54 Å². The maximum absolute atomic E-state index is 6.87. The summed E-state index contributed by atoms with van der Waals surface area (Å²) in [7, 11) is 0. The van der Waals surface area contributed by atoms with Gasteiger partial charge in [-0.1, -0.05) is 32.6 Å². The Balaban J connectivity index is 2.96. The summed E-state index contributed by atoms with van der Waals surface area (Å²) in [5, 5.41) is 0. The smallest absolute Gasteiger partial charge is 0.0228 e. The fourth-order valence-corrected chi connectivity index (χ4v) is 1.06. The van der Waals surface area contributed by atoms with E-state index in [0.717, 1.165) is 12.8 Å². The molecule has 1 heteroatoms. The first-order valence-electron chi connectivity index (χ1n) is 5.02. The highest BCUT2D eigenvalue weighted by atomic mass is 14.5. The highest BCUT2D eigenvalue weighted by Gasteiger charge is 1.85. The predicted molar refractivity (Wildman–Crippen MR) is 53.7 cm³/mol. The van der Waals surface area contributed by atoms with Crippen LogP contribution in [-0.2, 0) is 0 Å². The first-order chi connectivity index (χ1) is 5.91. The van der Waals surface area contributed by atoms with Crippen molar-refractivity contribution in [3.8, 4) is 11.8 Å². The molecule has 0 aliphatic heterocycles. The third kappa shape index (κ3) is 9.52. The number of hydrogen-bond donors (Lipinski definition) is 0. The van der Waals surface area contributed by atoms with E-state index < -0.39 is 0 Å². The highest BCUT2D eigenvalue weighted by Crippen LogP contribution is 2.03. The van der Waals surface area contributed by atoms with Gasteiger partial charge in [0.05, 0.1) is 0 Å². The molecule has 12 heavy (non-hydrogen) atoms. The Labute approximate surface area is 76.7 Å². The second-order valence-corrected chi connectivity index (χ2v) is 3.02. The van der Waals surface area contributed by atoms with Crippen LogP contribution in [0.15, 0.2) is 0 Å². The Bertz CT molecular complexity index is 130. The number of rotatable bonds is 6. The molecule has 0 aromatic heterocycles. The van der Waals surface area contributed by atoms with Gasteiger partial charge in [0.25, 0.3) is 0 Å². The zero-order chi connectivity index (χ0) is 9.07. The lowest BCUT2D eigenvalue weighted by Gasteiger charge is -1.94. The standard InChI is InChI=1S/C11H20N/c1-2-3-4-5-6-7-8-9-10-11-12/h12H,2-7,10-11H2,1H3. The zero-order valence-corrected chi connectivity index (χ0v) is 8.16. The maximum Gasteiger partial charge on any atom is 0.0228 e. The van der Waals surface area contributed by atoms with E-state index in [4.69, 9.17) is 5.73 Å². The summed E-state index contributed by atoms with van der Waals surface area (Å²) in [6.45, 7) is 2.68. The van der Waals surface area contributed by atoms with Crippen LogP contribution < -0.4 is 5.73 Å². The van der Waals surface area contributed by atoms with Gasteiger partial charge in [0, 0.05) is 19.4 Å². The fourth-order valence-electron chi connectivity index (χ4n) is 1.06. The molecular weight excluding hydrogens is 146 g/mol. The van der Waals surface area contributed by atoms with Crippen molar-refractivity contribution in [2.45, 2.75) is 51.9 Å². The number of hydrogen-bond acceptors (Lipinski definition) is 0. The number of nitrogens with one attached hydrogen (secondary N) is 1. The van der Waals surface area contributed by atoms with Gasteiger partial charge in [-0.25, -0.2) is 0 Å². The molecule has 0 unspecified atom stereocenters. The Kier molecular flexibility index (Phi) is 10.1. The van der Waals surface area contributed by atoms with Crippen molar-refractivity contribution in [1.82, 2.24) is 5.73 Å². The van der Waals surface area contributed by atoms with Crippen LogP contribution in [0.4, 0.5) is 0 Å². The van der Waals surface area contributed by atoms with E-state index in [1.54, 1.807) is 0 Å². The molecule has 0 aromatic rings. The Morgan fingerprint density at radius 2 is 1.58 bits per heavy atom. The molecule has 69 valence electrons. The van der Waals surface area contributed by atoms with Crippen molar-refractivity contribution < 1.29 is 0 Å². The van der Waals surface area contributed by atoms with Gasteiger partial charge in [0.2, 0.25) is 0 Å². The van der Waals surface area contributed by atoms with Crippen LogP contribution in [-0.4, -0.2) is 6.54 Å². The average Bonchev–Trinajstić information content (AvgIpc) is 2.10. The molecule has 0 saturated carbocycles. The van der Waals surface area contributed by atoms with Gasteiger partial charge in [-0.2, -0.15) is 0 Å².